The zero-order valence-corrected chi connectivity index (χ0v) is 12.5. The predicted molar refractivity (Wildman–Crippen MR) is 82.1 cm³/mol. The summed E-state index contributed by atoms with van der Waals surface area (Å²) in [6.07, 6.45) is 10.6. The molecule has 0 amide bonds. The van der Waals surface area contributed by atoms with Crippen LogP contribution in [0.4, 0.5) is 0 Å². The highest BCUT2D eigenvalue weighted by atomic mass is 14.0. The fourth-order valence-corrected chi connectivity index (χ4v) is 2.33. The average molecular weight is 246 g/mol. The first-order valence-corrected chi connectivity index (χ1v) is 7.80. The minimum atomic E-state index is 0.853. The maximum Gasteiger partial charge on any atom is -0.0279 e. The standard InChI is InChI=1S/C18H30/c1-4-5-6-10-17-12-14-18(15-13-17)11-8-7-9-16(2)3/h12-16H,4-11H2,1-3H3. The Balaban J connectivity index is 2.23. The highest BCUT2D eigenvalue weighted by Crippen LogP contribution is 2.13. The zero-order chi connectivity index (χ0) is 13.2. The van der Waals surface area contributed by atoms with Gasteiger partial charge in [0.15, 0.2) is 0 Å². The van der Waals surface area contributed by atoms with Gasteiger partial charge in [-0.25, -0.2) is 0 Å². The lowest BCUT2D eigenvalue weighted by Crippen LogP contribution is -1.91. The summed E-state index contributed by atoms with van der Waals surface area (Å²) in [4.78, 5) is 0. The lowest BCUT2D eigenvalue weighted by molar-refractivity contribution is 0.538. The molecule has 102 valence electrons. The number of aryl methyl sites for hydroxylation is 2. The molecule has 0 aliphatic rings. The number of unbranched alkanes of at least 4 members (excludes halogenated alkanes) is 3. The van der Waals surface area contributed by atoms with Crippen molar-refractivity contribution in [2.75, 3.05) is 0 Å². The Labute approximate surface area is 114 Å². The highest BCUT2D eigenvalue weighted by Gasteiger charge is 1.97. The van der Waals surface area contributed by atoms with E-state index in [4.69, 9.17) is 0 Å². The summed E-state index contributed by atoms with van der Waals surface area (Å²) in [7, 11) is 0. The van der Waals surface area contributed by atoms with Crippen LogP contribution in [0, 0.1) is 5.92 Å². The topological polar surface area (TPSA) is 0 Å². The molecule has 0 radical (unpaired) electrons. The van der Waals surface area contributed by atoms with Crippen LogP contribution in [0.1, 0.15) is 70.4 Å². The van der Waals surface area contributed by atoms with Gasteiger partial charge in [0.2, 0.25) is 0 Å². The SMILES string of the molecule is CCCCCc1ccc(CCCCC(C)C)cc1. The Hall–Kier alpha value is -0.780. The van der Waals surface area contributed by atoms with E-state index in [-0.39, 0.29) is 0 Å². The molecule has 0 nitrogen and oxygen atoms in total. The van der Waals surface area contributed by atoms with Gasteiger partial charge in [-0.2, -0.15) is 0 Å². The second-order valence-corrected chi connectivity index (χ2v) is 5.91. The van der Waals surface area contributed by atoms with E-state index in [1.54, 1.807) is 0 Å². The van der Waals surface area contributed by atoms with E-state index in [9.17, 15) is 0 Å². The zero-order valence-electron chi connectivity index (χ0n) is 12.5. The van der Waals surface area contributed by atoms with Gasteiger partial charge in [0.1, 0.15) is 0 Å². The van der Waals surface area contributed by atoms with Crippen LogP contribution in [-0.4, -0.2) is 0 Å². The molecule has 0 bridgehead atoms. The van der Waals surface area contributed by atoms with E-state index in [0.29, 0.717) is 0 Å². The number of rotatable bonds is 9. The van der Waals surface area contributed by atoms with Crippen LogP contribution in [0.3, 0.4) is 0 Å². The Morgan fingerprint density at radius 1 is 0.778 bits per heavy atom. The van der Waals surface area contributed by atoms with Crippen molar-refractivity contribution in [1.29, 1.82) is 0 Å². The lowest BCUT2D eigenvalue weighted by Gasteiger charge is -2.06. The Bertz CT molecular complexity index is 294. The van der Waals surface area contributed by atoms with E-state index in [2.05, 4.69) is 45.0 Å². The second kappa shape index (κ2) is 9.19. The number of hydrogen-bond donors (Lipinski definition) is 0. The molecule has 0 saturated heterocycles. The molecule has 0 aliphatic heterocycles. The molecule has 0 N–H and O–H groups in total. The van der Waals surface area contributed by atoms with E-state index in [0.717, 1.165) is 5.92 Å². The van der Waals surface area contributed by atoms with Crippen LogP contribution >= 0.6 is 0 Å². The second-order valence-electron chi connectivity index (χ2n) is 5.91. The first-order chi connectivity index (χ1) is 8.72. The van der Waals surface area contributed by atoms with Crippen molar-refractivity contribution in [3.8, 4) is 0 Å². The molecule has 0 aliphatic carbocycles. The molecule has 1 rings (SSSR count). The summed E-state index contributed by atoms with van der Waals surface area (Å²) >= 11 is 0. The van der Waals surface area contributed by atoms with Crippen molar-refractivity contribution in [3.63, 3.8) is 0 Å². The predicted octanol–water partition coefficient (Wildman–Crippen LogP) is 5.79. The molecule has 0 atom stereocenters. The third kappa shape index (κ3) is 6.83. The van der Waals surface area contributed by atoms with E-state index >= 15 is 0 Å². The van der Waals surface area contributed by atoms with Crippen molar-refractivity contribution >= 4 is 0 Å². The van der Waals surface area contributed by atoms with Gasteiger partial charge in [-0.15, -0.1) is 0 Å². The quantitative estimate of drug-likeness (QED) is 0.484. The molecule has 0 aromatic heterocycles. The van der Waals surface area contributed by atoms with Gasteiger partial charge in [0.25, 0.3) is 0 Å². The third-order valence-corrected chi connectivity index (χ3v) is 3.59. The Kier molecular flexibility index (Phi) is 7.80. The van der Waals surface area contributed by atoms with E-state index in [1.807, 2.05) is 0 Å². The molecule has 0 unspecified atom stereocenters. The molecular weight excluding hydrogens is 216 g/mol. The maximum absolute atomic E-state index is 2.33. The minimum absolute atomic E-state index is 0.853. The number of hydrogen-bond acceptors (Lipinski definition) is 0. The van der Waals surface area contributed by atoms with Crippen LogP contribution in [0.15, 0.2) is 24.3 Å². The Morgan fingerprint density at radius 3 is 1.72 bits per heavy atom. The van der Waals surface area contributed by atoms with E-state index in [1.165, 1.54) is 62.5 Å². The van der Waals surface area contributed by atoms with Gasteiger partial charge < -0.3 is 0 Å². The monoisotopic (exact) mass is 246 g/mol. The summed E-state index contributed by atoms with van der Waals surface area (Å²) in [5.41, 5.74) is 3.02. The Morgan fingerprint density at radius 2 is 1.28 bits per heavy atom. The van der Waals surface area contributed by atoms with E-state index < -0.39 is 0 Å². The van der Waals surface area contributed by atoms with Gasteiger partial charge in [-0.3, -0.25) is 0 Å². The van der Waals surface area contributed by atoms with Gasteiger partial charge >= 0.3 is 0 Å². The molecule has 1 aromatic rings. The van der Waals surface area contributed by atoms with Gasteiger partial charge in [-0.1, -0.05) is 70.7 Å². The first kappa shape index (κ1) is 15.3. The molecule has 0 heterocycles. The molecule has 1 aromatic carbocycles. The van der Waals surface area contributed by atoms with Crippen molar-refractivity contribution in [1.82, 2.24) is 0 Å². The van der Waals surface area contributed by atoms with Crippen LogP contribution in [-0.2, 0) is 12.8 Å². The van der Waals surface area contributed by atoms with Crippen LogP contribution in [0.2, 0.25) is 0 Å². The fourth-order valence-electron chi connectivity index (χ4n) is 2.33. The molecule has 18 heavy (non-hydrogen) atoms. The largest absolute Gasteiger partial charge is 0.0654 e. The van der Waals surface area contributed by atoms with Crippen LogP contribution in [0.25, 0.3) is 0 Å². The minimum Gasteiger partial charge on any atom is -0.0654 e. The summed E-state index contributed by atoms with van der Waals surface area (Å²) in [5, 5.41) is 0. The van der Waals surface area contributed by atoms with Gasteiger partial charge in [0, 0.05) is 0 Å². The molecule has 0 heteroatoms. The van der Waals surface area contributed by atoms with Crippen molar-refractivity contribution in [3.05, 3.63) is 35.4 Å². The lowest BCUT2D eigenvalue weighted by atomic mass is 10.0. The molecule has 0 fully saturated rings. The molecule has 0 spiro atoms. The van der Waals surface area contributed by atoms with Crippen LogP contribution < -0.4 is 0 Å². The first-order valence-electron chi connectivity index (χ1n) is 7.80. The van der Waals surface area contributed by atoms with Crippen molar-refractivity contribution < 1.29 is 0 Å². The summed E-state index contributed by atoms with van der Waals surface area (Å²) in [6.45, 7) is 6.89. The average Bonchev–Trinajstić information content (AvgIpc) is 2.36. The number of benzene rings is 1. The molecule has 0 saturated carbocycles. The normalized spacial score (nSPS) is 11.1. The summed E-state index contributed by atoms with van der Waals surface area (Å²) in [5.74, 6) is 0.853. The third-order valence-electron chi connectivity index (χ3n) is 3.59. The van der Waals surface area contributed by atoms with Crippen molar-refractivity contribution in [2.45, 2.75) is 72.1 Å². The van der Waals surface area contributed by atoms with Gasteiger partial charge in [-0.05, 0) is 42.7 Å². The highest BCUT2D eigenvalue weighted by molar-refractivity contribution is 5.22. The maximum atomic E-state index is 2.33. The molecular formula is C18H30. The van der Waals surface area contributed by atoms with Crippen LogP contribution in [0.5, 0.6) is 0 Å². The summed E-state index contributed by atoms with van der Waals surface area (Å²) in [6, 6.07) is 9.31. The smallest absolute Gasteiger partial charge is 0.0279 e. The fraction of sp³-hybridized carbons (Fsp3) is 0.667. The summed E-state index contributed by atoms with van der Waals surface area (Å²) < 4.78 is 0. The van der Waals surface area contributed by atoms with Gasteiger partial charge in [0.05, 0.1) is 0 Å². The van der Waals surface area contributed by atoms with Crippen molar-refractivity contribution in [2.24, 2.45) is 5.92 Å².